The molecule has 0 aliphatic rings. The smallest absolute Gasteiger partial charge is 0.222 e. The van der Waals surface area contributed by atoms with Crippen molar-refractivity contribution in [3.05, 3.63) is 0 Å². The highest BCUT2D eigenvalue weighted by Crippen LogP contribution is 2.08. The monoisotopic (exact) mass is 274 g/mol. The molecule has 0 bridgehead atoms. The minimum atomic E-state index is -0.269. The SMILES string of the molecule is CC.CC(=O)[C@@H](N)C(C)C.CNC(=O)[C@@H](C)C(C)C. The fraction of sp³-hybridized carbons (Fsp3) is 0.867. The number of carbonyl (C=O) groups is 2. The van der Waals surface area contributed by atoms with Gasteiger partial charge in [-0.15, -0.1) is 0 Å². The van der Waals surface area contributed by atoms with E-state index in [0.29, 0.717) is 5.92 Å². The maximum absolute atomic E-state index is 10.8. The van der Waals surface area contributed by atoms with E-state index in [1.54, 1.807) is 7.05 Å². The summed E-state index contributed by atoms with van der Waals surface area (Å²) in [4.78, 5) is 21.3. The van der Waals surface area contributed by atoms with Gasteiger partial charge in [0.2, 0.25) is 5.91 Å². The Labute approximate surface area is 119 Å². The number of rotatable bonds is 4. The Kier molecular flexibility index (Phi) is 16.5. The Morgan fingerprint density at radius 3 is 1.37 bits per heavy atom. The average Bonchev–Trinajstić information content (AvgIpc) is 2.38. The standard InChI is InChI=1S/C7H15NO.C6H13NO.C2H6/c1-5(2)6(3)7(9)8-4;1-4(2)6(7)5(3)8;1-2/h5-6H,1-4H3,(H,8,9);4,6H,7H2,1-3H3;1-2H3/t2*6-;/m00./s1. The summed E-state index contributed by atoms with van der Waals surface area (Å²) >= 11 is 0. The molecule has 0 radical (unpaired) electrons. The van der Waals surface area contributed by atoms with E-state index in [2.05, 4.69) is 5.32 Å². The lowest BCUT2D eigenvalue weighted by Gasteiger charge is -2.12. The Bertz CT molecular complexity index is 238. The molecule has 0 aliphatic heterocycles. The number of hydrogen-bond acceptors (Lipinski definition) is 3. The van der Waals surface area contributed by atoms with Crippen molar-refractivity contribution in [1.29, 1.82) is 0 Å². The molecule has 0 saturated heterocycles. The molecule has 0 aromatic rings. The van der Waals surface area contributed by atoms with Gasteiger partial charge in [-0.2, -0.15) is 0 Å². The molecule has 19 heavy (non-hydrogen) atoms. The summed E-state index contributed by atoms with van der Waals surface area (Å²) in [6.45, 7) is 15.4. The maximum atomic E-state index is 10.8. The Hall–Kier alpha value is -0.900. The van der Waals surface area contributed by atoms with Crippen LogP contribution in [0.5, 0.6) is 0 Å². The summed E-state index contributed by atoms with van der Waals surface area (Å²) in [7, 11) is 1.67. The lowest BCUT2D eigenvalue weighted by Crippen LogP contribution is -2.33. The molecule has 3 N–H and O–H groups in total. The summed E-state index contributed by atoms with van der Waals surface area (Å²) in [5.41, 5.74) is 5.41. The lowest BCUT2D eigenvalue weighted by atomic mass is 9.98. The molecule has 116 valence electrons. The molecule has 0 aromatic carbocycles. The van der Waals surface area contributed by atoms with Gasteiger partial charge in [0, 0.05) is 13.0 Å². The van der Waals surface area contributed by atoms with Crippen molar-refractivity contribution in [3.63, 3.8) is 0 Å². The van der Waals surface area contributed by atoms with Crippen LogP contribution in [0.25, 0.3) is 0 Å². The van der Waals surface area contributed by atoms with Gasteiger partial charge in [0.05, 0.1) is 6.04 Å². The summed E-state index contributed by atoms with van der Waals surface area (Å²) in [5.74, 6) is 1.04. The van der Waals surface area contributed by atoms with Crippen LogP contribution in [0.4, 0.5) is 0 Å². The van der Waals surface area contributed by atoms with Crippen LogP contribution < -0.4 is 11.1 Å². The minimum Gasteiger partial charge on any atom is -0.359 e. The van der Waals surface area contributed by atoms with Crippen molar-refractivity contribution >= 4 is 11.7 Å². The predicted molar refractivity (Wildman–Crippen MR) is 82.9 cm³/mol. The van der Waals surface area contributed by atoms with Gasteiger partial charge in [-0.1, -0.05) is 48.5 Å². The molecule has 4 nitrogen and oxygen atoms in total. The number of ketones is 1. The second kappa shape index (κ2) is 13.5. The molecule has 0 heterocycles. The molecule has 0 unspecified atom stereocenters. The molecule has 0 aromatic heterocycles. The van der Waals surface area contributed by atoms with E-state index in [9.17, 15) is 9.59 Å². The van der Waals surface area contributed by atoms with E-state index >= 15 is 0 Å². The van der Waals surface area contributed by atoms with Crippen LogP contribution in [0.15, 0.2) is 0 Å². The molecule has 4 heteroatoms. The van der Waals surface area contributed by atoms with Crippen LogP contribution in [-0.2, 0) is 9.59 Å². The Balaban J connectivity index is -0.000000239. The molecule has 0 saturated carbocycles. The first-order valence-electron chi connectivity index (χ1n) is 7.12. The van der Waals surface area contributed by atoms with Crippen molar-refractivity contribution < 1.29 is 9.59 Å². The zero-order valence-corrected chi connectivity index (χ0v) is 14.2. The molecule has 0 spiro atoms. The summed E-state index contributed by atoms with van der Waals surface area (Å²) < 4.78 is 0. The van der Waals surface area contributed by atoms with E-state index < -0.39 is 0 Å². The zero-order valence-electron chi connectivity index (χ0n) is 14.2. The molecule has 0 rings (SSSR count). The third-order valence-corrected chi connectivity index (χ3v) is 2.85. The second-order valence-electron chi connectivity index (χ2n) is 5.03. The van der Waals surface area contributed by atoms with Crippen LogP contribution in [-0.4, -0.2) is 24.8 Å². The molecule has 0 fully saturated rings. The van der Waals surface area contributed by atoms with Crippen molar-refractivity contribution in [2.75, 3.05) is 7.05 Å². The summed E-state index contributed by atoms with van der Waals surface area (Å²) in [6, 6.07) is -0.269. The first-order valence-corrected chi connectivity index (χ1v) is 7.12. The minimum absolute atomic E-state index is 0.0694. The topological polar surface area (TPSA) is 72.2 Å². The lowest BCUT2D eigenvalue weighted by molar-refractivity contribution is -0.125. The van der Waals surface area contributed by atoms with Crippen LogP contribution in [0.1, 0.15) is 55.4 Å². The Morgan fingerprint density at radius 1 is 0.947 bits per heavy atom. The predicted octanol–water partition coefficient (Wildman–Crippen LogP) is 2.61. The van der Waals surface area contributed by atoms with Crippen molar-refractivity contribution in [2.45, 2.75) is 61.4 Å². The number of nitrogens with two attached hydrogens (primary N) is 1. The first kappa shape index (κ1) is 23.2. The molecule has 1 amide bonds. The quantitative estimate of drug-likeness (QED) is 0.827. The first-order chi connectivity index (χ1) is 8.64. The Morgan fingerprint density at radius 2 is 1.32 bits per heavy atom. The molecular weight excluding hydrogens is 240 g/mol. The van der Waals surface area contributed by atoms with E-state index in [-0.39, 0.29) is 29.6 Å². The van der Waals surface area contributed by atoms with Gasteiger partial charge in [-0.3, -0.25) is 9.59 Å². The number of carbonyl (C=O) groups excluding carboxylic acids is 2. The zero-order chi connectivity index (χ0) is 16.2. The van der Waals surface area contributed by atoms with Crippen LogP contribution in [0.3, 0.4) is 0 Å². The number of Topliss-reactive ketones (excluding diaryl/α,β-unsaturated/α-hetero) is 1. The van der Waals surface area contributed by atoms with Crippen molar-refractivity contribution in [2.24, 2.45) is 23.5 Å². The van der Waals surface area contributed by atoms with Gasteiger partial charge >= 0.3 is 0 Å². The van der Waals surface area contributed by atoms with Crippen LogP contribution in [0.2, 0.25) is 0 Å². The van der Waals surface area contributed by atoms with E-state index in [1.165, 1.54) is 6.92 Å². The van der Waals surface area contributed by atoms with Gasteiger partial charge in [-0.05, 0) is 18.8 Å². The van der Waals surface area contributed by atoms with Crippen molar-refractivity contribution in [3.8, 4) is 0 Å². The van der Waals surface area contributed by atoms with Gasteiger partial charge in [0.15, 0.2) is 0 Å². The van der Waals surface area contributed by atoms with Crippen LogP contribution in [0, 0.1) is 17.8 Å². The number of nitrogens with one attached hydrogen (secondary N) is 1. The van der Waals surface area contributed by atoms with Gasteiger partial charge in [0.1, 0.15) is 5.78 Å². The summed E-state index contributed by atoms with van der Waals surface area (Å²) in [5, 5.41) is 2.61. The third kappa shape index (κ3) is 13.3. The van der Waals surface area contributed by atoms with Gasteiger partial charge < -0.3 is 11.1 Å². The molecule has 2 atom stereocenters. The highest BCUT2D eigenvalue weighted by molar-refractivity contribution is 5.81. The van der Waals surface area contributed by atoms with E-state index in [4.69, 9.17) is 5.73 Å². The number of hydrogen-bond donors (Lipinski definition) is 2. The fourth-order valence-corrected chi connectivity index (χ4v) is 1.000. The maximum Gasteiger partial charge on any atom is 0.222 e. The largest absolute Gasteiger partial charge is 0.359 e. The fourth-order valence-electron chi connectivity index (χ4n) is 1.000. The third-order valence-electron chi connectivity index (χ3n) is 2.85. The molecule has 0 aliphatic carbocycles. The second-order valence-corrected chi connectivity index (χ2v) is 5.03. The van der Waals surface area contributed by atoms with Crippen LogP contribution >= 0.6 is 0 Å². The number of amides is 1. The van der Waals surface area contributed by atoms with E-state index in [1.807, 2.05) is 48.5 Å². The van der Waals surface area contributed by atoms with Gasteiger partial charge in [0.25, 0.3) is 0 Å². The van der Waals surface area contributed by atoms with Gasteiger partial charge in [-0.25, -0.2) is 0 Å². The summed E-state index contributed by atoms with van der Waals surface area (Å²) in [6.07, 6.45) is 0. The average molecular weight is 274 g/mol. The van der Waals surface area contributed by atoms with Crippen molar-refractivity contribution in [1.82, 2.24) is 5.32 Å². The van der Waals surface area contributed by atoms with E-state index in [0.717, 1.165) is 0 Å². The highest BCUT2D eigenvalue weighted by Gasteiger charge is 2.13. The normalized spacial score (nSPS) is 12.6. The highest BCUT2D eigenvalue weighted by atomic mass is 16.1. The molecular formula is C15H34N2O2.